The Morgan fingerprint density at radius 3 is 1.92 bits per heavy atom. The van der Waals surface area contributed by atoms with Crippen molar-refractivity contribution < 1.29 is 18.4 Å². The minimum absolute atomic E-state index is 0.0218. The molecular formula is C8H13O4P. The van der Waals surface area contributed by atoms with Crippen LogP contribution in [0.5, 0.6) is 0 Å². The largest absolute Gasteiger partial charge is 0.396 e. The summed E-state index contributed by atoms with van der Waals surface area (Å²) in [5.74, 6) is 0. The molecule has 0 saturated carbocycles. The molecule has 0 aromatic carbocycles. The van der Waals surface area contributed by atoms with Gasteiger partial charge in [-0.15, -0.1) is 13.2 Å². The van der Waals surface area contributed by atoms with Gasteiger partial charge in [0.1, 0.15) is 0 Å². The highest BCUT2D eigenvalue weighted by Crippen LogP contribution is 2.48. The van der Waals surface area contributed by atoms with Crippen LogP contribution in [0.2, 0.25) is 0 Å². The van der Waals surface area contributed by atoms with Gasteiger partial charge in [-0.1, -0.05) is 12.2 Å². The maximum absolute atomic E-state index is 11.5. The molecule has 0 atom stereocenters. The SMILES string of the molecule is C=CCOP(=O)(OCC=C)C(C)=O. The van der Waals surface area contributed by atoms with E-state index in [1.807, 2.05) is 0 Å². The molecule has 0 aliphatic rings. The van der Waals surface area contributed by atoms with Crippen molar-refractivity contribution >= 4 is 13.1 Å². The smallest absolute Gasteiger partial charge is 0.299 e. The molecule has 5 heteroatoms. The number of hydrogen-bond acceptors (Lipinski definition) is 4. The van der Waals surface area contributed by atoms with E-state index in [0.29, 0.717) is 0 Å². The van der Waals surface area contributed by atoms with Crippen molar-refractivity contribution in [1.29, 1.82) is 0 Å². The third-order valence-corrected chi connectivity index (χ3v) is 2.86. The van der Waals surface area contributed by atoms with E-state index in [0.717, 1.165) is 6.92 Å². The van der Waals surface area contributed by atoms with E-state index in [1.54, 1.807) is 0 Å². The van der Waals surface area contributed by atoms with Gasteiger partial charge in [0.05, 0.1) is 13.2 Å². The molecule has 0 spiro atoms. The van der Waals surface area contributed by atoms with Gasteiger partial charge in [0.2, 0.25) is 5.52 Å². The van der Waals surface area contributed by atoms with Crippen LogP contribution in [-0.4, -0.2) is 18.7 Å². The Labute approximate surface area is 77.8 Å². The molecule has 0 fully saturated rings. The molecule has 0 bridgehead atoms. The molecule has 0 N–H and O–H groups in total. The first-order chi connectivity index (χ1) is 6.06. The second kappa shape index (κ2) is 5.86. The van der Waals surface area contributed by atoms with Gasteiger partial charge in [0, 0.05) is 6.92 Å². The molecule has 0 aromatic heterocycles. The summed E-state index contributed by atoms with van der Waals surface area (Å²) < 4.78 is 21.1. The third kappa shape index (κ3) is 4.18. The molecule has 0 heterocycles. The Bertz CT molecular complexity index is 231. The molecule has 0 unspecified atom stereocenters. The molecule has 13 heavy (non-hydrogen) atoms. The fourth-order valence-corrected chi connectivity index (χ4v) is 1.56. The average molecular weight is 204 g/mol. The Morgan fingerprint density at radius 2 is 1.69 bits per heavy atom. The predicted octanol–water partition coefficient (Wildman–Crippen LogP) is 2.13. The molecule has 74 valence electrons. The van der Waals surface area contributed by atoms with E-state index in [2.05, 4.69) is 13.2 Å². The van der Waals surface area contributed by atoms with Crippen molar-refractivity contribution in [2.45, 2.75) is 6.92 Å². The topological polar surface area (TPSA) is 52.6 Å². The van der Waals surface area contributed by atoms with Crippen LogP contribution >= 0.6 is 7.60 Å². The van der Waals surface area contributed by atoms with E-state index < -0.39 is 13.1 Å². The second-order valence-electron chi connectivity index (χ2n) is 2.19. The van der Waals surface area contributed by atoms with Crippen LogP contribution in [0.4, 0.5) is 0 Å². The molecule has 0 rings (SSSR count). The fourth-order valence-electron chi connectivity index (χ4n) is 0.521. The molecule has 4 nitrogen and oxygen atoms in total. The summed E-state index contributed by atoms with van der Waals surface area (Å²) in [5.41, 5.74) is -0.615. The normalized spacial score (nSPS) is 10.8. The van der Waals surface area contributed by atoms with Crippen molar-refractivity contribution in [2.75, 3.05) is 13.2 Å². The Kier molecular flexibility index (Phi) is 5.55. The van der Waals surface area contributed by atoms with E-state index >= 15 is 0 Å². The summed E-state index contributed by atoms with van der Waals surface area (Å²) in [6.45, 7) is 7.94. The van der Waals surface area contributed by atoms with Crippen molar-refractivity contribution in [3.05, 3.63) is 25.3 Å². The monoisotopic (exact) mass is 204 g/mol. The Balaban J connectivity index is 4.33. The van der Waals surface area contributed by atoms with Gasteiger partial charge in [-0.3, -0.25) is 18.4 Å². The van der Waals surface area contributed by atoms with Crippen LogP contribution < -0.4 is 0 Å². The Morgan fingerprint density at radius 1 is 1.31 bits per heavy atom. The number of rotatable bonds is 7. The summed E-state index contributed by atoms with van der Waals surface area (Å²) in [6.07, 6.45) is 2.79. The first-order valence-corrected chi connectivity index (χ1v) is 5.23. The molecule has 0 amide bonds. The van der Waals surface area contributed by atoms with Gasteiger partial charge in [-0.2, -0.15) is 0 Å². The van der Waals surface area contributed by atoms with E-state index in [9.17, 15) is 9.36 Å². The van der Waals surface area contributed by atoms with E-state index in [4.69, 9.17) is 9.05 Å². The minimum atomic E-state index is -3.61. The molecular weight excluding hydrogens is 191 g/mol. The summed E-state index contributed by atoms with van der Waals surface area (Å²) >= 11 is 0. The lowest BCUT2D eigenvalue weighted by Crippen LogP contribution is -2.03. The lowest BCUT2D eigenvalue weighted by Gasteiger charge is -2.12. The molecule has 0 saturated heterocycles. The zero-order chi connectivity index (χ0) is 10.3. The Hall–Kier alpha value is -0.700. The van der Waals surface area contributed by atoms with Crippen molar-refractivity contribution in [3.8, 4) is 0 Å². The van der Waals surface area contributed by atoms with Crippen LogP contribution in [-0.2, 0) is 18.4 Å². The zero-order valence-electron chi connectivity index (χ0n) is 7.56. The summed E-state index contributed by atoms with van der Waals surface area (Å²) in [6, 6.07) is 0. The first kappa shape index (κ1) is 12.3. The van der Waals surface area contributed by atoms with Crippen LogP contribution in [0.25, 0.3) is 0 Å². The lowest BCUT2D eigenvalue weighted by molar-refractivity contribution is -0.112. The standard InChI is InChI=1S/C8H13O4P/c1-4-6-11-13(10,8(3)9)12-7-5-2/h4-5H,1-2,6-7H2,3H3. The predicted molar refractivity (Wildman–Crippen MR) is 50.6 cm³/mol. The minimum Gasteiger partial charge on any atom is -0.299 e. The molecule has 0 aromatic rings. The van der Waals surface area contributed by atoms with Gasteiger partial charge >= 0.3 is 7.60 Å². The zero-order valence-corrected chi connectivity index (χ0v) is 8.46. The maximum Gasteiger partial charge on any atom is 0.396 e. The third-order valence-electron chi connectivity index (χ3n) is 1.11. The van der Waals surface area contributed by atoms with Gasteiger partial charge in [0.25, 0.3) is 0 Å². The van der Waals surface area contributed by atoms with E-state index in [-0.39, 0.29) is 13.2 Å². The number of carbonyl (C=O) groups excluding carboxylic acids is 1. The van der Waals surface area contributed by atoms with Gasteiger partial charge in [0.15, 0.2) is 0 Å². The number of carbonyl (C=O) groups is 1. The number of hydrogen-bond donors (Lipinski definition) is 0. The summed E-state index contributed by atoms with van der Waals surface area (Å²) in [7, 11) is -3.61. The van der Waals surface area contributed by atoms with Crippen LogP contribution in [0.3, 0.4) is 0 Å². The van der Waals surface area contributed by atoms with Crippen molar-refractivity contribution in [1.82, 2.24) is 0 Å². The summed E-state index contributed by atoms with van der Waals surface area (Å²) in [5, 5.41) is 0. The van der Waals surface area contributed by atoms with Crippen LogP contribution in [0, 0.1) is 0 Å². The summed E-state index contributed by atoms with van der Waals surface area (Å²) in [4.78, 5) is 10.9. The van der Waals surface area contributed by atoms with Crippen LogP contribution in [0.1, 0.15) is 6.92 Å². The van der Waals surface area contributed by atoms with Crippen molar-refractivity contribution in [3.63, 3.8) is 0 Å². The lowest BCUT2D eigenvalue weighted by atomic mass is 10.7. The molecule has 0 aliphatic heterocycles. The van der Waals surface area contributed by atoms with Crippen molar-refractivity contribution in [2.24, 2.45) is 0 Å². The van der Waals surface area contributed by atoms with Gasteiger partial charge < -0.3 is 0 Å². The molecule has 0 radical (unpaired) electrons. The van der Waals surface area contributed by atoms with Gasteiger partial charge in [-0.05, 0) is 0 Å². The fraction of sp³-hybridized carbons (Fsp3) is 0.375. The maximum atomic E-state index is 11.5. The average Bonchev–Trinajstić information content (AvgIpc) is 2.11. The molecule has 0 aliphatic carbocycles. The highest BCUT2D eigenvalue weighted by atomic mass is 31.2. The van der Waals surface area contributed by atoms with Gasteiger partial charge in [-0.25, -0.2) is 0 Å². The quantitative estimate of drug-likeness (QED) is 0.471. The second-order valence-corrected chi connectivity index (χ2v) is 4.33. The van der Waals surface area contributed by atoms with Crippen LogP contribution in [0.15, 0.2) is 25.3 Å². The highest BCUT2D eigenvalue weighted by molar-refractivity contribution is 7.71. The first-order valence-electron chi connectivity index (χ1n) is 3.69. The van der Waals surface area contributed by atoms with E-state index in [1.165, 1.54) is 12.2 Å². The highest BCUT2D eigenvalue weighted by Gasteiger charge is 2.29.